The molecule has 0 aliphatic rings. The third-order valence-corrected chi connectivity index (χ3v) is 3.73. The first kappa shape index (κ1) is 23.4. The predicted octanol–water partition coefficient (Wildman–Crippen LogP) is 4.13. The van der Waals surface area contributed by atoms with Gasteiger partial charge in [0, 0.05) is 20.1 Å². The van der Waals surface area contributed by atoms with E-state index in [9.17, 15) is 4.79 Å². The van der Waals surface area contributed by atoms with Gasteiger partial charge in [0.2, 0.25) is 0 Å². The van der Waals surface area contributed by atoms with Crippen molar-refractivity contribution in [3.63, 3.8) is 0 Å². The first-order valence-electron chi connectivity index (χ1n) is 9.61. The molecule has 0 saturated heterocycles. The van der Waals surface area contributed by atoms with E-state index in [1.807, 2.05) is 0 Å². The Morgan fingerprint density at radius 2 is 1.25 bits per heavy atom. The number of carbonyl (C=O) groups is 1. The van der Waals surface area contributed by atoms with E-state index in [-0.39, 0.29) is 5.97 Å². The van der Waals surface area contributed by atoms with Gasteiger partial charge in [-0.1, -0.05) is 51.9 Å². The molecule has 0 heterocycles. The summed E-state index contributed by atoms with van der Waals surface area (Å²) in [6.07, 6.45) is 11.2. The highest BCUT2D eigenvalue weighted by molar-refractivity contribution is 5.69. The monoisotopic (exact) mass is 346 g/mol. The lowest BCUT2D eigenvalue weighted by Gasteiger charge is -2.06. The molecule has 5 heteroatoms. The number of hydrogen-bond donors (Lipinski definition) is 0. The highest BCUT2D eigenvalue weighted by atomic mass is 16.5. The third-order valence-electron chi connectivity index (χ3n) is 3.73. The lowest BCUT2D eigenvalue weighted by atomic mass is 10.1. The lowest BCUT2D eigenvalue weighted by Crippen LogP contribution is -2.10. The van der Waals surface area contributed by atoms with Crippen molar-refractivity contribution in [2.45, 2.75) is 71.1 Å². The maximum Gasteiger partial charge on any atom is 0.305 e. The number of rotatable bonds is 19. The van der Waals surface area contributed by atoms with Crippen LogP contribution in [0.15, 0.2) is 0 Å². The van der Waals surface area contributed by atoms with Gasteiger partial charge < -0.3 is 18.9 Å². The first-order valence-corrected chi connectivity index (χ1v) is 9.61. The number of hydrogen-bond acceptors (Lipinski definition) is 5. The van der Waals surface area contributed by atoms with Gasteiger partial charge in [-0.3, -0.25) is 4.79 Å². The Kier molecular flexibility index (Phi) is 19.8. The minimum Gasteiger partial charge on any atom is -0.466 e. The van der Waals surface area contributed by atoms with Crippen LogP contribution in [-0.2, 0) is 23.7 Å². The summed E-state index contributed by atoms with van der Waals surface area (Å²) in [5.41, 5.74) is 0. The van der Waals surface area contributed by atoms with Gasteiger partial charge >= 0.3 is 5.97 Å². The minimum atomic E-state index is -0.113. The van der Waals surface area contributed by atoms with E-state index in [0.717, 1.165) is 12.8 Å². The maximum atomic E-state index is 11.5. The fraction of sp³-hybridized carbons (Fsp3) is 0.947. The van der Waals surface area contributed by atoms with Crippen LogP contribution in [0.5, 0.6) is 0 Å². The summed E-state index contributed by atoms with van der Waals surface area (Å²) in [5.74, 6) is -0.113. The van der Waals surface area contributed by atoms with Crippen molar-refractivity contribution in [1.29, 1.82) is 0 Å². The topological polar surface area (TPSA) is 54.0 Å². The molecule has 0 aromatic carbocycles. The highest BCUT2D eigenvalue weighted by Gasteiger charge is 2.02. The molecule has 0 aliphatic heterocycles. The average molecular weight is 347 g/mol. The van der Waals surface area contributed by atoms with E-state index in [1.54, 1.807) is 7.11 Å². The van der Waals surface area contributed by atoms with Crippen LogP contribution in [0.2, 0.25) is 0 Å². The molecule has 0 saturated carbocycles. The summed E-state index contributed by atoms with van der Waals surface area (Å²) < 4.78 is 20.8. The van der Waals surface area contributed by atoms with E-state index in [2.05, 4.69) is 6.92 Å². The molecule has 24 heavy (non-hydrogen) atoms. The van der Waals surface area contributed by atoms with E-state index < -0.39 is 0 Å². The van der Waals surface area contributed by atoms with Crippen LogP contribution in [0.1, 0.15) is 71.1 Å². The number of esters is 1. The Bertz CT molecular complexity index is 234. The van der Waals surface area contributed by atoms with Gasteiger partial charge in [-0.2, -0.15) is 0 Å². The smallest absolute Gasteiger partial charge is 0.305 e. The van der Waals surface area contributed by atoms with Gasteiger partial charge in [0.1, 0.15) is 0 Å². The second-order valence-corrected chi connectivity index (χ2v) is 6.02. The summed E-state index contributed by atoms with van der Waals surface area (Å²) in [5, 5.41) is 0. The van der Waals surface area contributed by atoms with Crippen molar-refractivity contribution >= 4 is 5.97 Å². The van der Waals surface area contributed by atoms with E-state index in [1.165, 1.54) is 38.5 Å². The fourth-order valence-electron chi connectivity index (χ4n) is 2.28. The molecular formula is C19H38O5. The van der Waals surface area contributed by atoms with Gasteiger partial charge in [-0.05, 0) is 12.8 Å². The molecule has 0 atom stereocenters. The van der Waals surface area contributed by atoms with Gasteiger partial charge in [0.15, 0.2) is 0 Å². The van der Waals surface area contributed by atoms with Crippen LogP contribution in [0.3, 0.4) is 0 Å². The molecule has 0 radical (unpaired) electrons. The zero-order valence-electron chi connectivity index (χ0n) is 15.9. The second-order valence-electron chi connectivity index (χ2n) is 6.02. The number of unbranched alkanes of at least 4 members (excludes halogenated alkanes) is 7. The number of carbonyl (C=O) groups excluding carboxylic acids is 1. The Morgan fingerprint density at radius 3 is 1.92 bits per heavy atom. The molecule has 0 amide bonds. The van der Waals surface area contributed by atoms with Crippen molar-refractivity contribution in [2.75, 3.05) is 46.8 Å². The van der Waals surface area contributed by atoms with E-state index in [4.69, 9.17) is 18.9 Å². The Labute approximate surface area is 148 Å². The summed E-state index contributed by atoms with van der Waals surface area (Å²) in [7, 11) is 1.65. The first-order chi connectivity index (χ1) is 11.8. The number of methoxy groups -OCH3 is 1. The molecule has 0 N–H and O–H groups in total. The van der Waals surface area contributed by atoms with Gasteiger partial charge in [-0.25, -0.2) is 0 Å². The molecule has 0 aromatic heterocycles. The van der Waals surface area contributed by atoms with Crippen LogP contribution < -0.4 is 0 Å². The van der Waals surface area contributed by atoms with Gasteiger partial charge in [0.05, 0.1) is 33.0 Å². The molecule has 144 valence electrons. The molecule has 0 rings (SSSR count). The minimum absolute atomic E-state index is 0.113. The van der Waals surface area contributed by atoms with Crippen LogP contribution in [0, 0.1) is 0 Å². The van der Waals surface area contributed by atoms with E-state index in [0.29, 0.717) is 52.5 Å². The van der Waals surface area contributed by atoms with Crippen molar-refractivity contribution < 1.29 is 23.7 Å². The van der Waals surface area contributed by atoms with E-state index >= 15 is 0 Å². The standard InChI is InChI=1S/C19H38O5/c1-3-4-5-6-7-8-9-10-14-24-19(20)12-11-13-22-17-18-23-16-15-21-2/h3-18H2,1-2H3. The van der Waals surface area contributed by atoms with Crippen molar-refractivity contribution in [2.24, 2.45) is 0 Å². The molecule has 0 aliphatic carbocycles. The second kappa shape index (κ2) is 20.4. The molecule has 5 nitrogen and oxygen atoms in total. The Morgan fingerprint density at radius 1 is 0.667 bits per heavy atom. The normalized spacial score (nSPS) is 10.9. The largest absolute Gasteiger partial charge is 0.466 e. The van der Waals surface area contributed by atoms with Crippen LogP contribution in [0.25, 0.3) is 0 Å². The zero-order chi connectivity index (χ0) is 17.7. The molecule has 0 spiro atoms. The SMILES string of the molecule is CCCCCCCCCCOC(=O)CCCOCCOCCOC. The molecule has 0 bridgehead atoms. The third kappa shape index (κ3) is 19.4. The van der Waals surface area contributed by atoms with Crippen molar-refractivity contribution in [3.05, 3.63) is 0 Å². The van der Waals surface area contributed by atoms with Crippen LogP contribution in [-0.4, -0.2) is 52.7 Å². The summed E-state index contributed by atoms with van der Waals surface area (Å²) in [4.78, 5) is 11.5. The Balaban J connectivity index is 3.13. The predicted molar refractivity (Wildman–Crippen MR) is 96.3 cm³/mol. The molecular weight excluding hydrogens is 308 g/mol. The van der Waals surface area contributed by atoms with Gasteiger partial charge in [-0.15, -0.1) is 0 Å². The number of ether oxygens (including phenoxy) is 4. The molecule has 0 aromatic rings. The molecule has 0 fully saturated rings. The highest BCUT2D eigenvalue weighted by Crippen LogP contribution is 2.08. The lowest BCUT2D eigenvalue weighted by molar-refractivity contribution is -0.144. The van der Waals surface area contributed by atoms with Crippen LogP contribution in [0.4, 0.5) is 0 Å². The Hall–Kier alpha value is -0.650. The fourth-order valence-corrected chi connectivity index (χ4v) is 2.28. The summed E-state index contributed by atoms with van der Waals surface area (Å²) in [6, 6.07) is 0. The van der Waals surface area contributed by atoms with Gasteiger partial charge in [0.25, 0.3) is 0 Å². The van der Waals surface area contributed by atoms with Crippen LogP contribution >= 0.6 is 0 Å². The summed E-state index contributed by atoms with van der Waals surface area (Å²) in [6.45, 7) is 5.67. The maximum absolute atomic E-state index is 11.5. The van der Waals surface area contributed by atoms with Crippen molar-refractivity contribution in [3.8, 4) is 0 Å². The average Bonchev–Trinajstić information content (AvgIpc) is 2.59. The molecule has 0 unspecified atom stereocenters. The zero-order valence-corrected chi connectivity index (χ0v) is 15.9. The summed E-state index contributed by atoms with van der Waals surface area (Å²) >= 11 is 0. The van der Waals surface area contributed by atoms with Crippen molar-refractivity contribution in [1.82, 2.24) is 0 Å². The quantitative estimate of drug-likeness (QED) is 0.260.